The van der Waals surface area contributed by atoms with E-state index in [1.807, 2.05) is 91.0 Å². The molecule has 7 nitrogen and oxygen atoms in total. The number of hydrogen-bond donors (Lipinski definition) is 6. The van der Waals surface area contributed by atoms with Crippen LogP contribution in [0.25, 0.3) is 0 Å². The Hall–Kier alpha value is -3.09. The first-order valence-corrected chi connectivity index (χ1v) is 11.8. The molecule has 0 saturated carbocycles. The van der Waals surface area contributed by atoms with Gasteiger partial charge in [-0.3, -0.25) is 16.0 Å². The normalized spacial score (nSPS) is 16.4. The highest BCUT2D eigenvalue weighted by molar-refractivity contribution is 5.24. The van der Waals surface area contributed by atoms with Crippen LogP contribution in [0, 0.1) is 17.2 Å². The number of aliphatic hydroxyl groups excluding tert-OH is 3. The standard InChI is InChI=1S/C28H34N4O3/c1-21(17-29)28(30-25(18-33)22-11-5-2-6-12-22,31-26(19-34)23-13-7-3-8-14-23)32-27(20-35)24-15-9-4-10-16-24/h2-16,21,25-27,30-35H,18-20H2,1H3. The van der Waals surface area contributed by atoms with Crippen LogP contribution in [-0.4, -0.2) is 40.9 Å². The van der Waals surface area contributed by atoms with Crippen molar-refractivity contribution in [3.05, 3.63) is 108 Å². The second kappa shape index (κ2) is 13.1. The Bertz CT molecular complexity index is 924. The van der Waals surface area contributed by atoms with Crippen LogP contribution in [-0.2, 0) is 0 Å². The van der Waals surface area contributed by atoms with E-state index in [2.05, 4.69) is 22.0 Å². The summed E-state index contributed by atoms with van der Waals surface area (Å²) in [5.74, 6) is -1.99. The van der Waals surface area contributed by atoms with E-state index in [0.29, 0.717) is 0 Å². The van der Waals surface area contributed by atoms with E-state index in [4.69, 9.17) is 0 Å². The van der Waals surface area contributed by atoms with E-state index in [9.17, 15) is 20.6 Å². The smallest absolute Gasteiger partial charge is 0.141 e. The zero-order chi connectivity index (χ0) is 25.1. The molecule has 3 aromatic carbocycles. The monoisotopic (exact) mass is 474 g/mol. The fourth-order valence-electron chi connectivity index (χ4n) is 4.18. The second-order valence-corrected chi connectivity index (χ2v) is 8.53. The number of benzene rings is 3. The molecular weight excluding hydrogens is 440 g/mol. The van der Waals surface area contributed by atoms with Crippen molar-refractivity contribution in [1.29, 1.82) is 5.26 Å². The molecule has 0 aliphatic rings. The number of hydrogen-bond acceptors (Lipinski definition) is 7. The fraction of sp³-hybridized carbons (Fsp3) is 0.321. The van der Waals surface area contributed by atoms with Gasteiger partial charge >= 0.3 is 0 Å². The average Bonchev–Trinajstić information content (AvgIpc) is 2.93. The predicted molar refractivity (Wildman–Crippen MR) is 136 cm³/mol. The van der Waals surface area contributed by atoms with Gasteiger partial charge in [0.1, 0.15) is 5.79 Å². The molecule has 0 saturated heterocycles. The Morgan fingerprint density at radius 2 is 0.914 bits per heavy atom. The van der Waals surface area contributed by atoms with Gasteiger partial charge in [-0.25, -0.2) is 0 Å². The van der Waals surface area contributed by atoms with Gasteiger partial charge in [0.15, 0.2) is 0 Å². The minimum absolute atomic E-state index is 0.225. The predicted octanol–water partition coefficient (Wildman–Crippen LogP) is 2.77. The molecule has 0 aliphatic heterocycles. The summed E-state index contributed by atoms with van der Waals surface area (Å²) >= 11 is 0. The van der Waals surface area contributed by atoms with Gasteiger partial charge in [-0.05, 0) is 23.6 Å². The van der Waals surface area contributed by atoms with E-state index < -0.39 is 29.8 Å². The van der Waals surface area contributed by atoms with Crippen molar-refractivity contribution in [1.82, 2.24) is 16.0 Å². The summed E-state index contributed by atoms with van der Waals surface area (Å²) in [4.78, 5) is 0. The van der Waals surface area contributed by atoms with Gasteiger partial charge in [0.2, 0.25) is 0 Å². The molecule has 4 atom stereocenters. The third-order valence-electron chi connectivity index (χ3n) is 6.20. The molecule has 0 aromatic heterocycles. The Morgan fingerprint density at radius 3 is 1.14 bits per heavy atom. The van der Waals surface area contributed by atoms with Crippen LogP contribution in [0.2, 0.25) is 0 Å². The van der Waals surface area contributed by atoms with E-state index in [0.717, 1.165) is 16.7 Å². The summed E-state index contributed by atoms with van der Waals surface area (Å²) in [6.07, 6.45) is 0. The fourth-order valence-corrected chi connectivity index (χ4v) is 4.18. The number of nitrogens with zero attached hydrogens (tertiary/aromatic N) is 1. The molecule has 6 N–H and O–H groups in total. The van der Waals surface area contributed by atoms with Crippen molar-refractivity contribution >= 4 is 0 Å². The molecule has 0 amide bonds. The van der Waals surface area contributed by atoms with Crippen molar-refractivity contribution < 1.29 is 15.3 Å². The highest BCUT2D eigenvalue weighted by Gasteiger charge is 2.42. The van der Waals surface area contributed by atoms with Crippen molar-refractivity contribution in [3.8, 4) is 6.07 Å². The van der Waals surface area contributed by atoms with Crippen molar-refractivity contribution in [3.63, 3.8) is 0 Å². The Morgan fingerprint density at radius 1 is 0.629 bits per heavy atom. The zero-order valence-corrected chi connectivity index (χ0v) is 19.9. The summed E-state index contributed by atoms with van der Waals surface area (Å²) in [6, 6.07) is 29.1. The van der Waals surface area contributed by atoms with Gasteiger partial charge in [-0.1, -0.05) is 91.0 Å². The molecule has 0 heterocycles. The van der Waals surface area contributed by atoms with Gasteiger partial charge in [-0.2, -0.15) is 5.26 Å². The third-order valence-corrected chi connectivity index (χ3v) is 6.20. The van der Waals surface area contributed by atoms with Crippen LogP contribution in [0.1, 0.15) is 41.7 Å². The van der Waals surface area contributed by atoms with E-state index >= 15 is 0 Å². The van der Waals surface area contributed by atoms with E-state index in [-0.39, 0.29) is 19.8 Å². The second-order valence-electron chi connectivity index (χ2n) is 8.53. The highest BCUT2D eigenvalue weighted by Crippen LogP contribution is 2.27. The first-order valence-electron chi connectivity index (χ1n) is 11.8. The minimum atomic E-state index is -1.30. The Labute approximate surface area is 207 Å². The molecule has 0 bridgehead atoms. The summed E-state index contributed by atoms with van der Waals surface area (Å²) in [5.41, 5.74) is 2.52. The van der Waals surface area contributed by atoms with Gasteiger partial charge in [0, 0.05) is 0 Å². The quantitative estimate of drug-likeness (QED) is 0.211. The third kappa shape index (κ3) is 6.74. The Balaban J connectivity index is 2.07. The zero-order valence-electron chi connectivity index (χ0n) is 19.9. The largest absolute Gasteiger partial charge is 0.394 e. The summed E-state index contributed by atoms with van der Waals surface area (Å²) in [5, 5.41) is 51.3. The van der Waals surface area contributed by atoms with Crippen molar-refractivity contribution in [2.75, 3.05) is 19.8 Å². The molecule has 184 valence electrons. The summed E-state index contributed by atoms with van der Waals surface area (Å²) in [6.45, 7) is 1.08. The van der Waals surface area contributed by atoms with Crippen LogP contribution in [0.4, 0.5) is 0 Å². The van der Waals surface area contributed by atoms with Gasteiger partial charge in [0.25, 0.3) is 0 Å². The van der Waals surface area contributed by atoms with Crippen LogP contribution in [0.15, 0.2) is 91.0 Å². The maximum atomic E-state index is 10.3. The van der Waals surface area contributed by atoms with E-state index in [1.165, 1.54) is 0 Å². The lowest BCUT2D eigenvalue weighted by Gasteiger charge is -2.45. The molecule has 3 rings (SSSR count). The summed E-state index contributed by atoms with van der Waals surface area (Å²) < 4.78 is 0. The SMILES string of the molecule is CC(C#N)C(NC(CO)c1ccccc1)(NC(CO)c1ccccc1)NC(CO)c1ccccc1. The van der Waals surface area contributed by atoms with Crippen LogP contribution < -0.4 is 16.0 Å². The molecule has 4 unspecified atom stereocenters. The number of rotatable bonds is 13. The lowest BCUT2D eigenvalue weighted by atomic mass is 9.95. The van der Waals surface area contributed by atoms with Crippen molar-refractivity contribution in [2.24, 2.45) is 5.92 Å². The maximum Gasteiger partial charge on any atom is 0.141 e. The summed E-state index contributed by atoms with van der Waals surface area (Å²) in [7, 11) is 0. The van der Waals surface area contributed by atoms with Crippen molar-refractivity contribution in [2.45, 2.75) is 30.8 Å². The van der Waals surface area contributed by atoms with Gasteiger partial charge < -0.3 is 15.3 Å². The first kappa shape index (κ1) is 26.5. The molecule has 7 heteroatoms. The number of nitrogens with one attached hydrogen (secondary N) is 3. The molecule has 0 spiro atoms. The average molecular weight is 475 g/mol. The minimum Gasteiger partial charge on any atom is -0.394 e. The van der Waals surface area contributed by atoms with Gasteiger partial charge in [-0.15, -0.1) is 0 Å². The molecular formula is C28H34N4O3. The van der Waals surface area contributed by atoms with Crippen LogP contribution in [0.5, 0.6) is 0 Å². The van der Waals surface area contributed by atoms with E-state index in [1.54, 1.807) is 6.92 Å². The molecule has 35 heavy (non-hydrogen) atoms. The molecule has 3 aromatic rings. The number of nitriles is 1. The maximum absolute atomic E-state index is 10.3. The molecule has 0 radical (unpaired) electrons. The lowest BCUT2D eigenvalue weighted by Crippen LogP contribution is -2.72. The molecule has 0 aliphatic carbocycles. The lowest BCUT2D eigenvalue weighted by molar-refractivity contribution is 0.0575. The van der Waals surface area contributed by atoms with Crippen LogP contribution in [0.3, 0.4) is 0 Å². The highest BCUT2D eigenvalue weighted by atomic mass is 16.3. The first-order chi connectivity index (χ1) is 17.1. The number of aliphatic hydroxyl groups is 3. The topological polar surface area (TPSA) is 121 Å². The Kier molecular flexibility index (Phi) is 9.94. The van der Waals surface area contributed by atoms with Crippen LogP contribution >= 0.6 is 0 Å². The molecule has 0 fully saturated rings. The van der Waals surface area contributed by atoms with Gasteiger partial charge in [0.05, 0.1) is 49.9 Å².